The number of hydrogen-bond donors (Lipinski definition) is 1. The molecule has 0 aliphatic carbocycles. The van der Waals surface area contributed by atoms with Gasteiger partial charge in [-0.15, -0.1) is 5.10 Å². The fraction of sp³-hybridized carbons (Fsp3) is 0.125. The second-order valence-corrected chi connectivity index (χ2v) is 6.85. The summed E-state index contributed by atoms with van der Waals surface area (Å²) in [7, 11) is 0. The molecular weight excluding hydrogens is 392 g/mol. The zero-order chi connectivity index (χ0) is 19.4. The topological polar surface area (TPSA) is 116 Å². The van der Waals surface area contributed by atoms with E-state index >= 15 is 0 Å². The van der Waals surface area contributed by atoms with Gasteiger partial charge in [0.2, 0.25) is 11.1 Å². The number of thioether (sulfide) groups is 1. The first kappa shape index (κ1) is 18.8. The van der Waals surface area contributed by atoms with Gasteiger partial charge in [0, 0.05) is 11.1 Å². The standard InChI is InChI=1S/C16H13ClN6O3S/c1-10-3-2-4-12(7-10)22-16(19-20-21-22)27-9-15(24)18-13-6-5-11(17)8-14(13)23(25)26/h2-8H,9H2,1H3,(H,18,24). The minimum absolute atomic E-state index is 0.0219. The Bertz CT molecular complexity index is 1010. The van der Waals surface area contributed by atoms with Crippen LogP contribution >= 0.6 is 23.4 Å². The van der Waals surface area contributed by atoms with Crippen LogP contribution in [0.5, 0.6) is 0 Å². The van der Waals surface area contributed by atoms with Crippen LogP contribution in [-0.4, -0.2) is 36.8 Å². The van der Waals surface area contributed by atoms with Crippen LogP contribution in [0, 0.1) is 17.0 Å². The summed E-state index contributed by atoms with van der Waals surface area (Å²) in [4.78, 5) is 22.7. The van der Waals surface area contributed by atoms with Crippen molar-refractivity contribution in [3.63, 3.8) is 0 Å². The number of nitrogens with one attached hydrogen (secondary N) is 1. The molecule has 1 amide bonds. The molecule has 0 saturated heterocycles. The second-order valence-electron chi connectivity index (χ2n) is 5.47. The first-order valence-electron chi connectivity index (χ1n) is 7.66. The average Bonchev–Trinajstić information content (AvgIpc) is 3.10. The maximum atomic E-state index is 12.2. The Hall–Kier alpha value is -2.98. The largest absolute Gasteiger partial charge is 0.320 e. The van der Waals surface area contributed by atoms with Gasteiger partial charge in [0.05, 0.1) is 16.4 Å². The van der Waals surface area contributed by atoms with Gasteiger partial charge in [-0.25, -0.2) is 0 Å². The van der Waals surface area contributed by atoms with E-state index in [4.69, 9.17) is 11.6 Å². The molecule has 1 heterocycles. The van der Waals surface area contributed by atoms with E-state index in [9.17, 15) is 14.9 Å². The van der Waals surface area contributed by atoms with Crippen molar-refractivity contribution in [3.8, 4) is 5.69 Å². The van der Waals surface area contributed by atoms with Gasteiger partial charge in [-0.05, 0) is 47.2 Å². The first-order chi connectivity index (χ1) is 12.9. The van der Waals surface area contributed by atoms with Gasteiger partial charge in [-0.3, -0.25) is 14.9 Å². The van der Waals surface area contributed by atoms with Gasteiger partial charge >= 0.3 is 0 Å². The highest BCUT2D eigenvalue weighted by molar-refractivity contribution is 7.99. The van der Waals surface area contributed by atoms with Crippen molar-refractivity contribution in [2.24, 2.45) is 0 Å². The molecule has 0 fully saturated rings. The molecule has 0 unspecified atom stereocenters. The maximum Gasteiger partial charge on any atom is 0.294 e. The van der Waals surface area contributed by atoms with Crippen LogP contribution in [0.25, 0.3) is 5.69 Å². The Labute approximate surface area is 162 Å². The van der Waals surface area contributed by atoms with Crippen molar-refractivity contribution in [1.29, 1.82) is 0 Å². The molecule has 2 aromatic carbocycles. The molecule has 3 aromatic rings. The van der Waals surface area contributed by atoms with Crippen LogP contribution in [0.4, 0.5) is 11.4 Å². The lowest BCUT2D eigenvalue weighted by Gasteiger charge is -2.07. The van der Waals surface area contributed by atoms with Gasteiger partial charge < -0.3 is 5.32 Å². The number of nitrogens with zero attached hydrogens (tertiary/aromatic N) is 5. The van der Waals surface area contributed by atoms with Gasteiger partial charge in [0.15, 0.2) is 0 Å². The first-order valence-corrected chi connectivity index (χ1v) is 9.02. The van der Waals surface area contributed by atoms with Crippen LogP contribution in [0.3, 0.4) is 0 Å². The Kier molecular flexibility index (Phi) is 5.67. The van der Waals surface area contributed by atoms with Crippen molar-refractivity contribution < 1.29 is 9.72 Å². The quantitative estimate of drug-likeness (QED) is 0.380. The molecule has 0 radical (unpaired) electrons. The maximum absolute atomic E-state index is 12.2. The summed E-state index contributed by atoms with van der Waals surface area (Å²) in [6, 6.07) is 11.6. The minimum atomic E-state index is -0.604. The predicted molar refractivity (Wildman–Crippen MR) is 101 cm³/mol. The molecule has 0 aliphatic heterocycles. The van der Waals surface area contributed by atoms with Crippen molar-refractivity contribution in [2.75, 3.05) is 11.1 Å². The number of nitro benzene ring substituents is 1. The molecule has 1 N–H and O–H groups in total. The Morgan fingerprint density at radius 3 is 2.89 bits per heavy atom. The normalized spacial score (nSPS) is 10.6. The van der Waals surface area contributed by atoms with E-state index in [2.05, 4.69) is 20.8 Å². The summed E-state index contributed by atoms with van der Waals surface area (Å²) in [5, 5.41) is 25.7. The molecule has 0 spiro atoms. The molecule has 0 bridgehead atoms. The van der Waals surface area contributed by atoms with Gasteiger partial charge in [-0.1, -0.05) is 35.5 Å². The number of aryl methyl sites for hydroxylation is 1. The summed E-state index contributed by atoms with van der Waals surface area (Å²) in [6.07, 6.45) is 0. The number of carbonyl (C=O) groups excluding carboxylic acids is 1. The molecule has 0 saturated carbocycles. The molecule has 27 heavy (non-hydrogen) atoms. The summed E-state index contributed by atoms with van der Waals surface area (Å²) in [5.41, 5.74) is 1.63. The molecule has 11 heteroatoms. The Balaban J connectivity index is 1.69. The lowest BCUT2D eigenvalue weighted by molar-refractivity contribution is -0.383. The number of halogens is 1. The van der Waals surface area contributed by atoms with E-state index in [1.165, 1.54) is 22.9 Å². The van der Waals surface area contributed by atoms with E-state index < -0.39 is 10.8 Å². The smallest absolute Gasteiger partial charge is 0.294 e. The number of aromatic nitrogens is 4. The van der Waals surface area contributed by atoms with Gasteiger partial charge in [0.1, 0.15) is 5.69 Å². The fourth-order valence-electron chi connectivity index (χ4n) is 2.27. The number of rotatable bonds is 6. The van der Waals surface area contributed by atoms with E-state index in [-0.39, 0.29) is 22.2 Å². The fourth-order valence-corrected chi connectivity index (χ4v) is 3.13. The summed E-state index contributed by atoms with van der Waals surface area (Å²) < 4.78 is 1.52. The highest BCUT2D eigenvalue weighted by Gasteiger charge is 2.17. The highest BCUT2D eigenvalue weighted by Crippen LogP contribution is 2.28. The summed E-state index contributed by atoms with van der Waals surface area (Å²) in [6.45, 7) is 1.95. The number of benzene rings is 2. The summed E-state index contributed by atoms with van der Waals surface area (Å²) >= 11 is 6.88. The van der Waals surface area contributed by atoms with Crippen LogP contribution in [0.15, 0.2) is 47.6 Å². The number of nitro groups is 1. The number of hydrogen-bond acceptors (Lipinski definition) is 7. The van der Waals surface area contributed by atoms with E-state index in [1.54, 1.807) is 0 Å². The lowest BCUT2D eigenvalue weighted by atomic mass is 10.2. The van der Waals surface area contributed by atoms with Crippen molar-refractivity contribution in [1.82, 2.24) is 20.2 Å². The number of tetrazole rings is 1. The minimum Gasteiger partial charge on any atom is -0.320 e. The number of anilines is 1. The van der Waals surface area contributed by atoms with Crippen molar-refractivity contribution >= 4 is 40.6 Å². The van der Waals surface area contributed by atoms with Crippen LogP contribution in [0.1, 0.15) is 5.56 Å². The van der Waals surface area contributed by atoms with Gasteiger partial charge in [0.25, 0.3) is 5.69 Å². The molecular formula is C16H13ClN6O3S. The van der Waals surface area contributed by atoms with E-state index in [1.807, 2.05) is 31.2 Å². The Morgan fingerprint density at radius 2 is 2.15 bits per heavy atom. The lowest BCUT2D eigenvalue weighted by Crippen LogP contribution is -2.15. The third-order valence-electron chi connectivity index (χ3n) is 3.45. The van der Waals surface area contributed by atoms with Crippen LogP contribution in [0.2, 0.25) is 5.02 Å². The zero-order valence-electron chi connectivity index (χ0n) is 14.0. The molecule has 0 atom stereocenters. The predicted octanol–water partition coefficient (Wildman–Crippen LogP) is 3.26. The monoisotopic (exact) mass is 404 g/mol. The molecule has 1 aromatic heterocycles. The molecule has 3 rings (SSSR count). The molecule has 138 valence electrons. The molecule has 9 nitrogen and oxygen atoms in total. The van der Waals surface area contributed by atoms with E-state index in [0.717, 1.165) is 23.0 Å². The third-order valence-corrected chi connectivity index (χ3v) is 4.60. The van der Waals surface area contributed by atoms with Crippen molar-refractivity contribution in [2.45, 2.75) is 12.1 Å². The third kappa shape index (κ3) is 4.60. The molecule has 0 aliphatic rings. The number of carbonyl (C=O) groups is 1. The van der Waals surface area contributed by atoms with Crippen LogP contribution < -0.4 is 5.32 Å². The average molecular weight is 405 g/mol. The summed E-state index contributed by atoms with van der Waals surface area (Å²) in [5.74, 6) is -0.449. The van der Waals surface area contributed by atoms with E-state index in [0.29, 0.717) is 5.16 Å². The second kappa shape index (κ2) is 8.14. The zero-order valence-corrected chi connectivity index (χ0v) is 15.6. The van der Waals surface area contributed by atoms with Crippen molar-refractivity contribution in [3.05, 3.63) is 63.2 Å². The Morgan fingerprint density at radius 1 is 1.33 bits per heavy atom. The van der Waals surface area contributed by atoms with Crippen LogP contribution in [-0.2, 0) is 4.79 Å². The highest BCUT2D eigenvalue weighted by atomic mass is 35.5. The number of amides is 1. The van der Waals surface area contributed by atoms with Gasteiger partial charge in [-0.2, -0.15) is 4.68 Å². The SMILES string of the molecule is Cc1cccc(-n2nnnc2SCC(=O)Nc2ccc(Cl)cc2[N+](=O)[O-])c1.